The fourth-order valence-corrected chi connectivity index (χ4v) is 6.34. The Hall–Kier alpha value is -2.89. The molecule has 1 amide bonds. The largest absolute Gasteiger partial charge is 0.495 e. The number of methoxy groups -OCH3 is 2. The van der Waals surface area contributed by atoms with Gasteiger partial charge >= 0.3 is 0 Å². The molecule has 1 saturated heterocycles. The average Bonchev–Trinajstić information content (AvgIpc) is 3.26. The van der Waals surface area contributed by atoms with E-state index in [0.29, 0.717) is 46.7 Å². The first-order valence-electron chi connectivity index (χ1n) is 10.5. The van der Waals surface area contributed by atoms with Gasteiger partial charge in [-0.1, -0.05) is 18.3 Å². The van der Waals surface area contributed by atoms with E-state index < -0.39 is 15.9 Å². The highest BCUT2D eigenvalue weighted by atomic mass is 32.2. The maximum atomic E-state index is 12.9. The number of ether oxygens (including phenoxy) is 2. The van der Waals surface area contributed by atoms with Crippen molar-refractivity contribution in [3.05, 3.63) is 42.0 Å². The van der Waals surface area contributed by atoms with Crippen molar-refractivity contribution in [2.75, 3.05) is 32.7 Å². The molecule has 3 aromatic rings. The monoisotopic (exact) mass is 490 g/mol. The summed E-state index contributed by atoms with van der Waals surface area (Å²) in [7, 11) is -0.431. The minimum atomic E-state index is -3.57. The number of anilines is 1. The maximum absolute atomic E-state index is 12.9. The summed E-state index contributed by atoms with van der Waals surface area (Å²) in [5.74, 6) is 1.18. The molecule has 2 heterocycles. The van der Waals surface area contributed by atoms with Crippen LogP contribution in [-0.2, 0) is 10.0 Å². The zero-order valence-corrected chi connectivity index (χ0v) is 20.3. The summed E-state index contributed by atoms with van der Waals surface area (Å²) in [6.07, 6.45) is 1.89. The van der Waals surface area contributed by atoms with Crippen molar-refractivity contribution in [3.8, 4) is 11.5 Å². The Labute approximate surface area is 196 Å². The number of piperidine rings is 1. The van der Waals surface area contributed by atoms with Crippen molar-refractivity contribution in [1.82, 2.24) is 14.7 Å². The Bertz CT molecular complexity index is 1220. The van der Waals surface area contributed by atoms with E-state index in [4.69, 9.17) is 9.47 Å². The molecule has 0 unspecified atom stereocenters. The number of nitrogens with one attached hydrogen (secondary N) is 2. The van der Waals surface area contributed by atoms with E-state index in [1.54, 1.807) is 26.4 Å². The Morgan fingerprint density at radius 2 is 1.82 bits per heavy atom. The number of nitrogens with zero attached hydrogens (tertiary/aromatic N) is 2. The van der Waals surface area contributed by atoms with E-state index in [1.807, 2.05) is 0 Å². The molecular formula is C22H26N4O5S2. The molecule has 1 aliphatic rings. The van der Waals surface area contributed by atoms with Gasteiger partial charge in [-0.3, -0.25) is 15.6 Å². The second-order valence-corrected chi connectivity index (χ2v) is 10.8. The minimum Gasteiger partial charge on any atom is -0.495 e. The van der Waals surface area contributed by atoms with Gasteiger partial charge in [0.2, 0.25) is 15.2 Å². The summed E-state index contributed by atoms with van der Waals surface area (Å²) in [5.41, 5.74) is 6.35. The smallest absolute Gasteiger partial charge is 0.269 e. The molecule has 176 valence electrons. The van der Waals surface area contributed by atoms with Crippen LogP contribution in [-0.4, -0.2) is 50.9 Å². The number of aromatic nitrogens is 1. The van der Waals surface area contributed by atoms with Crippen LogP contribution in [0.5, 0.6) is 11.5 Å². The van der Waals surface area contributed by atoms with Crippen LogP contribution in [0.3, 0.4) is 0 Å². The number of thiazole rings is 1. The maximum Gasteiger partial charge on any atom is 0.269 e. The molecule has 0 saturated carbocycles. The summed E-state index contributed by atoms with van der Waals surface area (Å²) >= 11 is 1.31. The van der Waals surface area contributed by atoms with Gasteiger partial charge in [0, 0.05) is 18.7 Å². The topological polar surface area (TPSA) is 110 Å². The zero-order chi connectivity index (χ0) is 23.6. The van der Waals surface area contributed by atoms with Gasteiger partial charge in [0.05, 0.1) is 19.1 Å². The molecule has 33 heavy (non-hydrogen) atoms. The van der Waals surface area contributed by atoms with Crippen molar-refractivity contribution in [3.63, 3.8) is 0 Å². The molecule has 0 spiro atoms. The van der Waals surface area contributed by atoms with Crippen molar-refractivity contribution < 1.29 is 22.7 Å². The third-order valence-corrected chi connectivity index (χ3v) is 8.43. The van der Waals surface area contributed by atoms with Crippen LogP contribution >= 0.6 is 11.3 Å². The van der Waals surface area contributed by atoms with E-state index in [2.05, 4.69) is 22.8 Å². The summed E-state index contributed by atoms with van der Waals surface area (Å²) in [4.78, 5) is 17.2. The van der Waals surface area contributed by atoms with Crippen LogP contribution in [0.1, 0.15) is 30.1 Å². The van der Waals surface area contributed by atoms with Gasteiger partial charge in [-0.05, 0) is 55.2 Å². The number of hydrazine groups is 1. The van der Waals surface area contributed by atoms with Gasteiger partial charge in [-0.25, -0.2) is 13.4 Å². The molecule has 11 heteroatoms. The third-order valence-electron chi connectivity index (χ3n) is 5.57. The van der Waals surface area contributed by atoms with Gasteiger partial charge < -0.3 is 9.47 Å². The lowest BCUT2D eigenvalue weighted by Gasteiger charge is -2.30. The van der Waals surface area contributed by atoms with Crippen LogP contribution in [0.15, 0.2) is 41.3 Å². The fourth-order valence-electron chi connectivity index (χ4n) is 3.81. The Balaban J connectivity index is 1.45. The lowest BCUT2D eigenvalue weighted by molar-refractivity contribution is 0.0962. The summed E-state index contributed by atoms with van der Waals surface area (Å²) in [5, 5.41) is 0.458. The highest BCUT2D eigenvalue weighted by Gasteiger charge is 2.28. The van der Waals surface area contributed by atoms with Gasteiger partial charge in [-0.2, -0.15) is 4.31 Å². The van der Waals surface area contributed by atoms with Crippen molar-refractivity contribution in [1.29, 1.82) is 0 Å². The third kappa shape index (κ3) is 4.75. The Morgan fingerprint density at radius 1 is 1.12 bits per heavy atom. The SMILES string of the molecule is COc1ccc(OC)c2sc(NNC(=O)c3ccc(S(=O)(=O)N4CCC[C@H](C)C4)cc3)nc12. The number of hydrogen-bond donors (Lipinski definition) is 2. The first-order chi connectivity index (χ1) is 15.8. The van der Waals surface area contributed by atoms with Crippen LogP contribution in [0.4, 0.5) is 5.13 Å². The highest BCUT2D eigenvalue weighted by Crippen LogP contribution is 2.38. The van der Waals surface area contributed by atoms with Crippen molar-refractivity contribution >= 4 is 42.6 Å². The van der Waals surface area contributed by atoms with E-state index in [0.717, 1.165) is 17.5 Å². The molecule has 1 atom stereocenters. The number of hydrogen-bond acceptors (Lipinski definition) is 8. The molecule has 1 fully saturated rings. The molecule has 2 N–H and O–H groups in total. The predicted octanol–water partition coefficient (Wildman–Crippen LogP) is 3.49. The number of sulfonamides is 1. The molecule has 1 aliphatic heterocycles. The van der Waals surface area contributed by atoms with Crippen LogP contribution < -0.4 is 20.3 Å². The normalized spacial score (nSPS) is 17.0. The van der Waals surface area contributed by atoms with Gasteiger partial charge in [-0.15, -0.1) is 0 Å². The first kappa shape index (κ1) is 23.3. The van der Waals surface area contributed by atoms with E-state index >= 15 is 0 Å². The lowest BCUT2D eigenvalue weighted by Crippen LogP contribution is -2.39. The molecule has 9 nitrogen and oxygen atoms in total. The summed E-state index contributed by atoms with van der Waals surface area (Å²) < 4.78 is 38.8. The number of carbonyl (C=O) groups is 1. The molecule has 4 rings (SSSR count). The Morgan fingerprint density at radius 3 is 2.48 bits per heavy atom. The molecule has 0 bridgehead atoms. The summed E-state index contributed by atoms with van der Waals surface area (Å²) in [6, 6.07) is 9.50. The highest BCUT2D eigenvalue weighted by molar-refractivity contribution is 7.89. The zero-order valence-electron chi connectivity index (χ0n) is 18.6. The minimum absolute atomic E-state index is 0.187. The number of benzene rings is 2. The first-order valence-corrected chi connectivity index (χ1v) is 12.8. The predicted molar refractivity (Wildman–Crippen MR) is 127 cm³/mol. The van der Waals surface area contributed by atoms with E-state index in [9.17, 15) is 13.2 Å². The van der Waals surface area contributed by atoms with Crippen molar-refractivity contribution in [2.24, 2.45) is 5.92 Å². The van der Waals surface area contributed by atoms with E-state index in [-0.39, 0.29) is 4.90 Å². The van der Waals surface area contributed by atoms with Crippen LogP contribution in [0.2, 0.25) is 0 Å². The Kier molecular flexibility index (Phi) is 6.73. The quantitative estimate of drug-likeness (QED) is 0.488. The number of fused-ring (bicyclic) bond motifs is 1. The molecular weight excluding hydrogens is 464 g/mol. The number of carbonyl (C=O) groups excluding carboxylic acids is 1. The fraction of sp³-hybridized carbons (Fsp3) is 0.364. The lowest BCUT2D eigenvalue weighted by atomic mass is 10.0. The van der Waals surface area contributed by atoms with E-state index in [1.165, 1.54) is 39.9 Å². The summed E-state index contributed by atoms with van der Waals surface area (Å²) in [6.45, 7) is 3.10. The van der Waals surface area contributed by atoms with Gasteiger partial charge in [0.25, 0.3) is 5.91 Å². The van der Waals surface area contributed by atoms with Gasteiger partial charge in [0.1, 0.15) is 21.7 Å². The average molecular weight is 491 g/mol. The second-order valence-electron chi connectivity index (χ2n) is 7.88. The van der Waals surface area contributed by atoms with Crippen LogP contribution in [0, 0.1) is 5.92 Å². The molecule has 0 aliphatic carbocycles. The second kappa shape index (κ2) is 9.54. The molecule has 0 radical (unpaired) electrons. The molecule has 1 aromatic heterocycles. The standard InChI is InChI=1S/C22H26N4O5S2/c1-14-5-4-12-26(13-14)33(28,29)16-8-6-15(7-9-16)21(27)24-25-22-23-19-17(30-2)10-11-18(31-3)20(19)32-22/h6-11,14H,4-5,12-13H2,1-3H3,(H,23,25)(H,24,27)/t14-/m0/s1. The van der Waals surface area contributed by atoms with Gasteiger partial charge in [0.15, 0.2) is 0 Å². The van der Waals surface area contributed by atoms with Crippen LogP contribution in [0.25, 0.3) is 10.2 Å². The number of amides is 1. The number of rotatable bonds is 7. The molecule has 2 aromatic carbocycles. The van der Waals surface area contributed by atoms with Crippen molar-refractivity contribution in [2.45, 2.75) is 24.7 Å².